The van der Waals surface area contributed by atoms with E-state index in [1.165, 1.54) is 0 Å². The summed E-state index contributed by atoms with van der Waals surface area (Å²) in [5, 5.41) is 0. The molecule has 10 heavy (non-hydrogen) atoms. The second-order valence-corrected chi connectivity index (χ2v) is 2.89. The fraction of sp³-hybridized carbons (Fsp3) is 0.333. The van der Waals surface area contributed by atoms with Gasteiger partial charge >= 0.3 is 0 Å². The molecule has 56 valence electrons. The van der Waals surface area contributed by atoms with Gasteiger partial charge in [0.25, 0.3) is 0 Å². The van der Waals surface area contributed by atoms with Gasteiger partial charge in [-0.3, -0.25) is 0 Å². The summed E-state index contributed by atoms with van der Waals surface area (Å²) in [6, 6.07) is 0. The Labute approximate surface area is 68.7 Å². The molecule has 0 saturated heterocycles. The highest BCUT2D eigenvalue weighted by Crippen LogP contribution is 2.18. The highest BCUT2D eigenvalue weighted by molar-refractivity contribution is 7.84. The molecule has 0 rings (SSSR count). The molecular formula is C9H14S. The second-order valence-electron chi connectivity index (χ2n) is 2.40. The first kappa shape index (κ1) is 9.57. The lowest BCUT2D eigenvalue weighted by molar-refractivity contribution is 0.791. The zero-order valence-electron chi connectivity index (χ0n) is 6.59. The molecule has 0 unspecified atom stereocenters. The van der Waals surface area contributed by atoms with Crippen LogP contribution in [0.4, 0.5) is 0 Å². The molecule has 0 atom stereocenters. The van der Waals surface area contributed by atoms with Crippen LogP contribution in [0.5, 0.6) is 0 Å². The van der Waals surface area contributed by atoms with Crippen LogP contribution < -0.4 is 0 Å². The van der Waals surface area contributed by atoms with Gasteiger partial charge in [0.1, 0.15) is 0 Å². The maximum Gasteiger partial charge on any atom is 0.00685 e. The predicted molar refractivity (Wildman–Crippen MR) is 51.2 cm³/mol. The van der Waals surface area contributed by atoms with E-state index >= 15 is 0 Å². The van der Waals surface area contributed by atoms with Gasteiger partial charge < -0.3 is 0 Å². The minimum Gasteiger partial charge on any atom is -0.143 e. The number of rotatable bonds is 3. The summed E-state index contributed by atoms with van der Waals surface area (Å²) in [6.45, 7) is 11.5. The first-order valence-corrected chi connectivity index (χ1v) is 3.76. The Hall–Kier alpha value is -0.430. The Kier molecular flexibility index (Phi) is 4.21. The molecule has 0 aliphatic rings. The van der Waals surface area contributed by atoms with E-state index in [9.17, 15) is 0 Å². The third-order valence-electron chi connectivity index (χ3n) is 1.33. The lowest BCUT2D eigenvalue weighted by atomic mass is 10.0. The molecule has 0 aromatic carbocycles. The van der Waals surface area contributed by atoms with E-state index in [2.05, 4.69) is 39.6 Å². The van der Waals surface area contributed by atoms with Gasteiger partial charge in [-0.05, 0) is 11.5 Å². The van der Waals surface area contributed by atoms with E-state index in [4.69, 9.17) is 0 Å². The van der Waals surface area contributed by atoms with Crippen LogP contribution >= 0.6 is 12.6 Å². The van der Waals surface area contributed by atoms with Crippen molar-refractivity contribution in [3.05, 3.63) is 35.8 Å². The number of allylic oxidation sites excluding steroid dienone is 3. The van der Waals surface area contributed by atoms with Gasteiger partial charge in [0.15, 0.2) is 0 Å². The summed E-state index contributed by atoms with van der Waals surface area (Å²) in [6.07, 6.45) is 3.56. The summed E-state index contributed by atoms with van der Waals surface area (Å²) in [7, 11) is 0. The number of hydrogen-bond acceptors (Lipinski definition) is 1. The summed E-state index contributed by atoms with van der Waals surface area (Å²) < 4.78 is 0. The van der Waals surface area contributed by atoms with E-state index in [0.29, 0.717) is 5.92 Å². The van der Waals surface area contributed by atoms with E-state index < -0.39 is 0 Å². The summed E-state index contributed by atoms with van der Waals surface area (Å²) >= 11 is 4.23. The molecule has 0 aliphatic heterocycles. The molecular weight excluding hydrogens is 140 g/mol. The Morgan fingerprint density at radius 3 is 1.90 bits per heavy atom. The molecule has 0 bridgehead atoms. The molecule has 0 aromatic heterocycles. The van der Waals surface area contributed by atoms with Gasteiger partial charge in [-0.2, -0.15) is 0 Å². The molecule has 0 N–H and O–H groups in total. The fourth-order valence-corrected chi connectivity index (χ4v) is 1.10. The van der Waals surface area contributed by atoms with Crippen LogP contribution in [0.3, 0.4) is 0 Å². The van der Waals surface area contributed by atoms with Crippen molar-refractivity contribution in [2.45, 2.75) is 13.8 Å². The normalized spacial score (nSPS) is 12.8. The minimum absolute atomic E-state index is 0.475. The molecule has 0 saturated carbocycles. The Morgan fingerprint density at radius 2 is 1.80 bits per heavy atom. The largest absolute Gasteiger partial charge is 0.143 e. The average molecular weight is 154 g/mol. The maximum absolute atomic E-state index is 4.23. The van der Waals surface area contributed by atoms with Gasteiger partial charge in [0.05, 0.1) is 0 Å². The van der Waals surface area contributed by atoms with E-state index in [1.807, 2.05) is 6.08 Å². The molecule has 0 spiro atoms. The molecule has 0 radical (unpaired) electrons. The monoisotopic (exact) mass is 154 g/mol. The molecule has 0 amide bonds. The molecule has 0 aliphatic carbocycles. The van der Waals surface area contributed by atoms with Crippen LogP contribution in [0.1, 0.15) is 13.8 Å². The van der Waals surface area contributed by atoms with Gasteiger partial charge in [0.2, 0.25) is 0 Å². The van der Waals surface area contributed by atoms with Gasteiger partial charge in [-0.25, -0.2) is 0 Å². The van der Waals surface area contributed by atoms with Gasteiger partial charge in [0, 0.05) is 4.91 Å². The van der Waals surface area contributed by atoms with Crippen molar-refractivity contribution in [3.8, 4) is 0 Å². The third kappa shape index (κ3) is 2.44. The quantitative estimate of drug-likeness (QED) is 0.468. The smallest absolute Gasteiger partial charge is 0.00685 e. The molecule has 0 heterocycles. The molecule has 0 aromatic rings. The van der Waals surface area contributed by atoms with Crippen molar-refractivity contribution in [1.82, 2.24) is 0 Å². The standard InChI is InChI=1S/C9H14S/c1-5-8(7(3)4)9(10)6-2/h5-7,10H,1-2H2,3-4H3/b9-8-. The van der Waals surface area contributed by atoms with Crippen LogP contribution in [0.2, 0.25) is 0 Å². The zero-order valence-corrected chi connectivity index (χ0v) is 7.49. The van der Waals surface area contributed by atoms with Crippen molar-refractivity contribution in [1.29, 1.82) is 0 Å². The van der Waals surface area contributed by atoms with Crippen molar-refractivity contribution in [2.24, 2.45) is 5.92 Å². The lowest BCUT2D eigenvalue weighted by Crippen LogP contribution is -1.91. The van der Waals surface area contributed by atoms with Crippen molar-refractivity contribution < 1.29 is 0 Å². The van der Waals surface area contributed by atoms with Crippen molar-refractivity contribution in [2.75, 3.05) is 0 Å². The van der Waals surface area contributed by atoms with Crippen LogP contribution in [0, 0.1) is 5.92 Å². The Balaban J connectivity index is 4.61. The summed E-state index contributed by atoms with van der Waals surface area (Å²) in [4.78, 5) is 0.921. The summed E-state index contributed by atoms with van der Waals surface area (Å²) in [5.74, 6) is 0.475. The maximum atomic E-state index is 4.23. The van der Waals surface area contributed by atoms with Crippen LogP contribution in [-0.2, 0) is 0 Å². The van der Waals surface area contributed by atoms with Gasteiger partial charge in [-0.1, -0.05) is 39.2 Å². The van der Waals surface area contributed by atoms with Crippen molar-refractivity contribution in [3.63, 3.8) is 0 Å². The number of thiol groups is 1. The van der Waals surface area contributed by atoms with E-state index in [1.54, 1.807) is 6.08 Å². The summed E-state index contributed by atoms with van der Waals surface area (Å²) in [5.41, 5.74) is 1.15. The minimum atomic E-state index is 0.475. The van der Waals surface area contributed by atoms with Crippen LogP contribution in [0.25, 0.3) is 0 Å². The van der Waals surface area contributed by atoms with Crippen molar-refractivity contribution >= 4 is 12.6 Å². The lowest BCUT2D eigenvalue weighted by Gasteiger charge is -2.07. The first-order valence-electron chi connectivity index (χ1n) is 3.31. The van der Waals surface area contributed by atoms with E-state index in [-0.39, 0.29) is 0 Å². The first-order chi connectivity index (χ1) is 4.63. The highest BCUT2D eigenvalue weighted by Gasteiger charge is 2.00. The third-order valence-corrected chi connectivity index (χ3v) is 1.77. The number of hydrogen-bond donors (Lipinski definition) is 1. The Morgan fingerprint density at radius 1 is 1.30 bits per heavy atom. The van der Waals surface area contributed by atoms with Crippen LogP contribution in [-0.4, -0.2) is 0 Å². The second kappa shape index (κ2) is 4.40. The van der Waals surface area contributed by atoms with Gasteiger partial charge in [-0.15, -0.1) is 12.6 Å². The average Bonchev–Trinajstić information content (AvgIpc) is 1.88. The Bertz CT molecular complexity index is 164. The predicted octanol–water partition coefficient (Wildman–Crippen LogP) is 3.20. The highest BCUT2D eigenvalue weighted by atomic mass is 32.1. The SMILES string of the molecule is C=C/C(S)=C(\C=C)C(C)C. The fourth-order valence-electron chi connectivity index (χ4n) is 0.754. The molecule has 0 fully saturated rings. The zero-order chi connectivity index (χ0) is 8.15. The molecule has 0 nitrogen and oxygen atoms in total. The van der Waals surface area contributed by atoms with E-state index in [0.717, 1.165) is 10.5 Å². The molecule has 1 heteroatoms. The topological polar surface area (TPSA) is 0 Å². The van der Waals surface area contributed by atoms with Crippen LogP contribution in [0.15, 0.2) is 35.8 Å².